The summed E-state index contributed by atoms with van der Waals surface area (Å²) in [6.07, 6.45) is 1.12. The summed E-state index contributed by atoms with van der Waals surface area (Å²) in [6, 6.07) is 7.09. The minimum absolute atomic E-state index is 0.109. The van der Waals surface area contributed by atoms with Crippen molar-refractivity contribution in [2.75, 3.05) is 6.61 Å². The van der Waals surface area contributed by atoms with E-state index in [0.717, 1.165) is 27.8 Å². The number of hydrogen-bond donors (Lipinski definition) is 0. The standard InChI is InChI=1S/C14H10BrClO3/c15-10-5-8-3-4-18-14(8)9(6-10)7-11(17)12-1-2-13(16)19-12/h1-2,5-6H,3-4,7H2. The Balaban J connectivity index is 1.90. The number of halogens is 2. The zero-order valence-electron chi connectivity index (χ0n) is 9.91. The predicted molar refractivity (Wildman–Crippen MR) is 75.1 cm³/mol. The van der Waals surface area contributed by atoms with Crippen molar-refractivity contribution < 1.29 is 13.9 Å². The summed E-state index contributed by atoms with van der Waals surface area (Å²) in [6.45, 7) is 0.666. The maximum absolute atomic E-state index is 12.1. The molecule has 19 heavy (non-hydrogen) atoms. The maximum Gasteiger partial charge on any atom is 0.202 e. The van der Waals surface area contributed by atoms with E-state index >= 15 is 0 Å². The normalized spacial score (nSPS) is 13.2. The number of Topliss-reactive ketones (excluding diaryl/α,β-unsaturated/α-hetero) is 1. The molecular formula is C14H10BrClO3. The number of furan rings is 1. The number of ether oxygens (including phenoxy) is 1. The molecule has 0 N–H and O–H groups in total. The third-order valence-corrected chi connectivity index (χ3v) is 3.69. The van der Waals surface area contributed by atoms with E-state index in [-0.39, 0.29) is 23.2 Å². The van der Waals surface area contributed by atoms with Crippen molar-refractivity contribution in [2.24, 2.45) is 0 Å². The second-order valence-electron chi connectivity index (χ2n) is 4.36. The second-order valence-corrected chi connectivity index (χ2v) is 5.64. The SMILES string of the molecule is O=C(Cc1cc(Br)cc2c1OCC2)c1ccc(Cl)o1. The topological polar surface area (TPSA) is 39.4 Å². The Labute approximate surface area is 123 Å². The Bertz CT molecular complexity index is 648. The zero-order valence-corrected chi connectivity index (χ0v) is 12.3. The number of carbonyl (C=O) groups is 1. The average molecular weight is 342 g/mol. The van der Waals surface area contributed by atoms with Crippen LogP contribution in [0.5, 0.6) is 5.75 Å². The molecular weight excluding hydrogens is 332 g/mol. The van der Waals surface area contributed by atoms with Crippen LogP contribution in [0.1, 0.15) is 21.7 Å². The van der Waals surface area contributed by atoms with E-state index < -0.39 is 0 Å². The van der Waals surface area contributed by atoms with Gasteiger partial charge in [0.15, 0.2) is 11.0 Å². The van der Waals surface area contributed by atoms with Gasteiger partial charge in [-0.05, 0) is 41.4 Å². The van der Waals surface area contributed by atoms with Crippen LogP contribution < -0.4 is 4.74 Å². The maximum atomic E-state index is 12.1. The summed E-state index contributed by atoms with van der Waals surface area (Å²) in [5.41, 5.74) is 2.01. The highest BCUT2D eigenvalue weighted by Crippen LogP contribution is 2.33. The number of benzene rings is 1. The molecule has 0 saturated carbocycles. The van der Waals surface area contributed by atoms with Gasteiger partial charge in [-0.1, -0.05) is 15.9 Å². The van der Waals surface area contributed by atoms with Gasteiger partial charge in [-0.15, -0.1) is 0 Å². The van der Waals surface area contributed by atoms with Crippen LogP contribution in [0.25, 0.3) is 0 Å². The van der Waals surface area contributed by atoms with Gasteiger partial charge in [0.25, 0.3) is 0 Å². The first-order chi connectivity index (χ1) is 9.13. The third kappa shape index (κ3) is 2.55. The lowest BCUT2D eigenvalue weighted by atomic mass is 10.0. The predicted octanol–water partition coefficient (Wildman–Crippen LogP) is 4.06. The average Bonchev–Trinajstić information content (AvgIpc) is 2.97. The van der Waals surface area contributed by atoms with Crippen LogP contribution >= 0.6 is 27.5 Å². The zero-order chi connectivity index (χ0) is 13.4. The molecule has 2 aromatic rings. The van der Waals surface area contributed by atoms with E-state index in [1.807, 2.05) is 12.1 Å². The molecule has 1 aromatic heterocycles. The molecule has 0 radical (unpaired) electrons. The van der Waals surface area contributed by atoms with E-state index in [1.54, 1.807) is 12.1 Å². The fourth-order valence-electron chi connectivity index (χ4n) is 2.20. The number of carbonyl (C=O) groups excluding carboxylic acids is 1. The molecule has 98 valence electrons. The summed E-state index contributed by atoms with van der Waals surface area (Å²) in [7, 11) is 0. The molecule has 0 unspecified atom stereocenters. The number of rotatable bonds is 3. The molecule has 1 aliphatic heterocycles. The highest BCUT2D eigenvalue weighted by molar-refractivity contribution is 9.10. The Hall–Kier alpha value is -1.26. The molecule has 1 aliphatic rings. The Morgan fingerprint density at radius 3 is 2.95 bits per heavy atom. The molecule has 3 rings (SSSR count). The monoisotopic (exact) mass is 340 g/mol. The largest absolute Gasteiger partial charge is 0.493 e. The molecule has 0 spiro atoms. The van der Waals surface area contributed by atoms with Gasteiger partial charge in [-0.2, -0.15) is 0 Å². The first kappa shape index (κ1) is 12.8. The molecule has 0 aliphatic carbocycles. The van der Waals surface area contributed by atoms with E-state index in [2.05, 4.69) is 15.9 Å². The van der Waals surface area contributed by atoms with E-state index in [1.165, 1.54) is 0 Å². The summed E-state index contributed by atoms with van der Waals surface area (Å²) in [5.74, 6) is 0.994. The van der Waals surface area contributed by atoms with Crippen LogP contribution in [-0.2, 0) is 12.8 Å². The quantitative estimate of drug-likeness (QED) is 0.791. The molecule has 0 fully saturated rings. The van der Waals surface area contributed by atoms with Crippen LogP contribution in [0.15, 0.2) is 33.2 Å². The summed E-state index contributed by atoms with van der Waals surface area (Å²) in [5, 5.41) is 0.221. The Morgan fingerprint density at radius 1 is 1.37 bits per heavy atom. The van der Waals surface area contributed by atoms with Crippen molar-refractivity contribution >= 4 is 33.3 Å². The number of hydrogen-bond acceptors (Lipinski definition) is 3. The van der Waals surface area contributed by atoms with E-state index in [4.69, 9.17) is 20.8 Å². The lowest BCUT2D eigenvalue weighted by Crippen LogP contribution is -2.03. The fraction of sp³-hybridized carbons (Fsp3) is 0.214. The first-order valence-corrected chi connectivity index (χ1v) is 7.03. The van der Waals surface area contributed by atoms with Gasteiger partial charge in [0, 0.05) is 22.9 Å². The van der Waals surface area contributed by atoms with Crippen molar-refractivity contribution in [3.63, 3.8) is 0 Å². The summed E-state index contributed by atoms with van der Waals surface area (Å²) < 4.78 is 11.7. The van der Waals surface area contributed by atoms with Gasteiger partial charge in [0.05, 0.1) is 6.61 Å². The minimum atomic E-state index is -0.109. The van der Waals surface area contributed by atoms with Crippen molar-refractivity contribution in [1.82, 2.24) is 0 Å². The lowest BCUT2D eigenvalue weighted by molar-refractivity contribution is 0.0965. The Kier molecular flexibility index (Phi) is 3.37. The van der Waals surface area contributed by atoms with Crippen LogP contribution in [-0.4, -0.2) is 12.4 Å². The highest BCUT2D eigenvalue weighted by atomic mass is 79.9. The molecule has 3 nitrogen and oxygen atoms in total. The molecule has 0 bridgehead atoms. The van der Waals surface area contributed by atoms with Crippen molar-refractivity contribution in [1.29, 1.82) is 0 Å². The molecule has 0 amide bonds. The van der Waals surface area contributed by atoms with E-state index in [0.29, 0.717) is 6.61 Å². The van der Waals surface area contributed by atoms with Crippen molar-refractivity contribution in [2.45, 2.75) is 12.8 Å². The van der Waals surface area contributed by atoms with Crippen LogP contribution in [0.2, 0.25) is 5.22 Å². The van der Waals surface area contributed by atoms with Crippen molar-refractivity contribution in [3.05, 3.63) is 50.8 Å². The van der Waals surface area contributed by atoms with Crippen LogP contribution in [0.4, 0.5) is 0 Å². The van der Waals surface area contributed by atoms with Gasteiger partial charge < -0.3 is 9.15 Å². The molecule has 0 saturated heterocycles. The van der Waals surface area contributed by atoms with Crippen LogP contribution in [0, 0.1) is 0 Å². The smallest absolute Gasteiger partial charge is 0.202 e. The lowest BCUT2D eigenvalue weighted by Gasteiger charge is -2.07. The van der Waals surface area contributed by atoms with Gasteiger partial charge in [0.2, 0.25) is 5.78 Å². The molecule has 0 atom stereocenters. The molecule has 2 heterocycles. The Morgan fingerprint density at radius 2 is 2.21 bits per heavy atom. The first-order valence-electron chi connectivity index (χ1n) is 5.86. The van der Waals surface area contributed by atoms with Gasteiger partial charge in [0.1, 0.15) is 5.75 Å². The molecule has 1 aromatic carbocycles. The van der Waals surface area contributed by atoms with Gasteiger partial charge in [-0.25, -0.2) is 0 Å². The summed E-state index contributed by atoms with van der Waals surface area (Å²) in [4.78, 5) is 12.1. The van der Waals surface area contributed by atoms with Gasteiger partial charge >= 0.3 is 0 Å². The van der Waals surface area contributed by atoms with E-state index in [9.17, 15) is 4.79 Å². The van der Waals surface area contributed by atoms with Crippen LogP contribution in [0.3, 0.4) is 0 Å². The number of fused-ring (bicyclic) bond motifs is 1. The fourth-order valence-corrected chi connectivity index (χ4v) is 2.90. The second kappa shape index (κ2) is 5.02. The van der Waals surface area contributed by atoms with Gasteiger partial charge in [-0.3, -0.25) is 4.79 Å². The summed E-state index contributed by atoms with van der Waals surface area (Å²) >= 11 is 9.13. The third-order valence-electron chi connectivity index (χ3n) is 3.02. The minimum Gasteiger partial charge on any atom is -0.493 e. The number of ketones is 1. The molecule has 5 heteroatoms. The highest BCUT2D eigenvalue weighted by Gasteiger charge is 2.20. The van der Waals surface area contributed by atoms with Crippen molar-refractivity contribution in [3.8, 4) is 5.75 Å².